The highest BCUT2D eigenvalue weighted by atomic mass is 28.2. The summed E-state index contributed by atoms with van der Waals surface area (Å²) in [6.45, 7) is 4.74. The van der Waals surface area contributed by atoms with Gasteiger partial charge in [-0.15, -0.1) is 0 Å². The molecule has 2 unspecified atom stereocenters. The Labute approximate surface area is 86.0 Å². The summed E-state index contributed by atoms with van der Waals surface area (Å²) in [5.74, 6) is -0.165. The molecule has 1 rings (SSSR count). The molecule has 0 radical (unpaired) electrons. The number of hydrogen-bond donors (Lipinski definition) is 0. The molecule has 1 aliphatic rings. The predicted octanol–water partition coefficient (Wildman–Crippen LogP) is 0.780. The van der Waals surface area contributed by atoms with Crippen molar-refractivity contribution in [3.63, 3.8) is 0 Å². The third-order valence-corrected chi connectivity index (χ3v) is 7.55. The van der Waals surface area contributed by atoms with E-state index in [0.717, 1.165) is 11.1 Å². The highest BCUT2D eigenvalue weighted by Crippen LogP contribution is 2.50. The molecule has 0 heterocycles. The largest absolute Gasteiger partial charge is 0.353 e. The zero-order valence-electron chi connectivity index (χ0n) is 9.30. The summed E-state index contributed by atoms with van der Waals surface area (Å²) in [5, 5.41) is 0. The molecule has 78 valence electrons. The van der Waals surface area contributed by atoms with Crippen LogP contribution >= 0.6 is 0 Å². The summed E-state index contributed by atoms with van der Waals surface area (Å²) >= 11 is 0. The molecule has 2 atom stereocenters. The summed E-state index contributed by atoms with van der Waals surface area (Å²) in [6.07, 6.45) is 2.69. The molecule has 0 spiro atoms. The quantitative estimate of drug-likeness (QED) is 0.513. The minimum atomic E-state index is -0.165. The highest BCUT2D eigenvalue weighted by Gasteiger charge is 2.49. The highest BCUT2D eigenvalue weighted by molar-refractivity contribution is 6.39. The molecular formula is C9H22O2Si2. The molecule has 0 aromatic rings. The fourth-order valence-electron chi connectivity index (χ4n) is 2.87. The van der Waals surface area contributed by atoms with Gasteiger partial charge in [-0.2, -0.15) is 0 Å². The van der Waals surface area contributed by atoms with Gasteiger partial charge >= 0.3 is 0 Å². The van der Waals surface area contributed by atoms with Crippen LogP contribution in [0.25, 0.3) is 0 Å². The monoisotopic (exact) mass is 218 g/mol. The van der Waals surface area contributed by atoms with Crippen molar-refractivity contribution in [3.05, 3.63) is 0 Å². The molecule has 1 aliphatic carbocycles. The molecule has 0 aliphatic heterocycles. The Bertz CT molecular complexity index is 146. The van der Waals surface area contributed by atoms with Crippen molar-refractivity contribution in [2.45, 2.75) is 42.8 Å². The summed E-state index contributed by atoms with van der Waals surface area (Å²) in [4.78, 5) is 0. The van der Waals surface area contributed by atoms with Crippen LogP contribution in [0.4, 0.5) is 0 Å². The maximum atomic E-state index is 5.70. The van der Waals surface area contributed by atoms with Gasteiger partial charge < -0.3 is 9.47 Å². The van der Waals surface area contributed by atoms with Gasteiger partial charge in [0.25, 0.3) is 0 Å². The second-order valence-corrected chi connectivity index (χ2v) is 7.52. The first-order valence-corrected chi connectivity index (χ1v) is 9.81. The number of hydrogen-bond acceptors (Lipinski definition) is 2. The van der Waals surface area contributed by atoms with E-state index in [1.54, 1.807) is 0 Å². The van der Waals surface area contributed by atoms with Crippen LogP contribution in [-0.4, -0.2) is 39.0 Å². The summed E-state index contributed by atoms with van der Waals surface area (Å²) in [6, 6.07) is 0. The van der Waals surface area contributed by atoms with Crippen LogP contribution in [0.3, 0.4) is 0 Å². The van der Waals surface area contributed by atoms with Crippen LogP contribution in [-0.2, 0) is 9.47 Å². The maximum Gasteiger partial charge on any atom is 0.167 e. The van der Waals surface area contributed by atoms with Crippen LogP contribution in [0.15, 0.2) is 0 Å². The fraction of sp³-hybridized carbons (Fsp3) is 1.00. The van der Waals surface area contributed by atoms with Crippen molar-refractivity contribution in [1.29, 1.82) is 0 Å². The molecule has 2 nitrogen and oxygen atoms in total. The van der Waals surface area contributed by atoms with E-state index >= 15 is 0 Å². The Hall–Kier alpha value is 0.354. The van der Waals surface area contributed by atoms with Crippen molar-refractivity contribution in [3.8, 4) is 0 Å². The van der Waals surface area contributed by atoms with Crippen LogP contribution in [0, 0.1) is 0 Å². The van der Waals surface area contributed by atoms with Gasteiger partial charge in [0.1, 0.15) is 0 Å². The average Bonchev–Trinajstić information content (AvgIpc) is 2.55. The molecular weight excluding hydrogens is 196 g/mol. The van der Waals surface area contributed by atoms with E-state index in [0.29, 0.717) is 0 Å². The van der Waals surface area contributed by atoms with Gasteiger partial charge in [0.2, 0.25) is 0 Å². The first-order chi connectivity index (χ1) is 6.25. The maximum absolute atomic E-state index is 5.70. The van der Waals surface area contributed by atoms with Gasteiger partial charge in [-0.1, -0.05) is 13.1 Å². The average molecular weight is 218 g/mol. The summed E-state index contributed by atoms with van der Waals surface area (Å²) in [5.41, 5.74) is 1.50. The van der Waals surface area contributed by atoms with Gasteiger partial charge in [0, 0.05) is 44.3 Å². The van der Waals surface area contributed by atoms with Crippen molar-refractivity contribution in [1.82, 2.24) is 0 Å². The lowest BCUT2D eigenvalue weighted by atomic mass is 10.2. The van der Waals surface area contributed by atoms with E-state index in [2.05, 4.69) is 13.1 Å². The summed E-state index contributed by atoms with van der Waals surface area (Å²) in [7, 11) is 3.64. The lowest BCUT2D eigenvalue weighted by molar-refractivity contribution is -0.199. The lowest BCUT2D eigenvalue weighted by Gasteiger charge is -2.37. The molecule has 1 fully saturated rings. The number of rotatable bonds is 4. The summed E-state index contributed by atoms with van der Waals surface area (Å²) < 4.78 is 11.4. The van der Waals surface area contributed by atoms with Crippen LogP contribution < -0.4 is 0 Å². The Morgan fingerprint density at radius 2 is 1.38 bits per heavy atom. The minimum Gasteiger partial charge on any atom is -0.353 e. The lowest BCUT2D eigenvalue weighted by Crippen LogP contribution is -2.41. The first-order valence-electron chi connectivity index (χ1n) is 5.35. The van der Waals surface area contributed by atoms with Crippen molar-refractivity contribution >= 4 is 19.0 Å². The fourth-order valence-corrected chi connectivity index (χ4v) is 6.96. The van der Waals surface area contributed by atoms with Crippen molar-refractivity contribution < 1.29 is 9.47 Å². The van der Waals surface area contributed by atoms with Gasteiger partial charge in [0.05, 0.1) is 0 Å². The van der Waals surface area contributed by atoms with E-state index in [4.69, 9.17) is 9.47 Å². The number of methoxy groups -OCH3 is 2. The Morgan fingerprint density at radius 1 is 1.00 bits per heavy atom. The van der Waals surface area contributed by atoms with Gasteiger partial charge in [-0.25, -0.2) is 0 Å². The predicted molar refractivity (Wildman–Crippen MR) is 62.3 cm³/mol. The Morgan fingerprint density at radius 3 is 1.62 bits per heavy atom. The minimum absolute atomic E-state index is 0.00458. The molecule has 4 heteroatoms. The van der Waals surface area contributed by atoms with E-state index in [9.17, 15) is 0 Å². The van der Waals surface area contributed by atoms with Crippen molar-refractivity contribution in [2.75, 3.05) is 14.2 Å². The molecule has 0 aromatic heterocycles. The second kappa shape index (κ2) is 4.73. The van der Waals surface area contributed by atoms with Gasteiger partial charge in [-0.05, 0) is 12.8 Å². The SMILES string of the molecule is COC1(OC)C([SiH2]C)CCC1[SiH2]C. The van der Waals surface area contributed by atoms with Crippen LogP contribution in [0.2, 0.25) is 24.2 Å². The van der Waals surface area contributed by atoms with E-state index in [-0.39, 0.29) is 24.8 Å². The molecule has 0 bridgehead atoms. The Kier molecular flexibility index (Phi) is 4.16. The van der Waals surface area contributed by atoms with E-state index in [1.165, 1.54) is 12.8 Å². The number of ether oxygens (including phenoxy) is 2. The van der Waals surface area contributed by atoms with Crippen LogP contribution in [0.1, 0.15) is 12.8 Å². The smallest absolute Gasteiger partial charge is 0.167 e. The van der Waals surface area contributed by atoms with E-state index in [1.807, 2.05) is 14.2 Å². The Balaban J connectivity index is 2.81. The third-order valence-electron chi connectivity index (χ3n) is 3.63. The van der Waals surface area contributed by atoms with Crippen molar-refractivity contribution in [2.24, 2.45) is 0 Å². The third kappa shape index (κ3) is 1.77. The topological polar surface area (TPSA) is 18.5 Å². The van der Waals surface area contributed by atoms with E-state index < -0.39 is 0 Å². The zero-order valence-corrected chi connectivity index (χ0v) is 12.1. The van der Waals surface area contributed by atoms with Gasteiger partial charge in [0.15, 0.2) is 5.79 Å². The normalized spacial score (nSPS) is 34.2. The second-order valence-electron chi connectivity index (χ2n) is 3.92. The van der Waals surface area contributed by atoms with Crippen LogP contribution in [0.5, 0.6) is 0 Å². The zero-order chi connectivity index (χ0) is 9.90. The molecule has 13 heavy (non-hydrogen) atoms. The molecule has 1 saturated carbocycles. The molecule has 0 N–H and O–H groups in total. The molecule has 0 amide bonds. The molecule has 0 saturated heterocycles. The standard InChI is InChI=1S/C9H22O2Si2/c1-10-9(11-2)7(12-3)5-6-8(9)13-4/h7-8H,5-6,12-13H2,1-4H3. The first kappa shape index (κ1) is 11.4. The van der Waals surface area contributed by atoms with Gasteiger partial charge in [-0.3, -0.25) is 0 Å². The molecule has 0 aromatic carbocycles.